The number of carboxylic acids is 1. The third-order valence-corrected chi connectivity index (χ3v) is 5.37. The van der Waals surface area contributed by atoms with Crippen LogP contribution in [0.25, 0.3) is 11.1 Å². The first kappa shape index (κ1) is 17.5. The van der Waals surface area contributed by atoms with Gasteiger partial charge in [-0.15, -0.1) is 0 Å². The van der Waals surface area contributed by atoms with Crippen LogP contribution in [0.1, 0.15) is 29.9 Å². The first-order valence-electron chi connectivity index (χ1n) is 9.06. The zero-order valence-electron chi connectivity index (χ0n) is 14.7. The monoisotopic (exact) mass is 367 g/mol. The van der Waals surface area contributed by atoms with Crippen molar-refractivity contribution >= 4 is 12.1 Å². The number of benzene rings is 2. The van der Waals surface area contributed by atoms with E-state index in [0.717, 1.165) is 22.3 Å². The number of β-amino-alcohol motifs (C(OH)–C–C–N with tert-alkyl or cyclic N) is 1. The standard InChI is InChI=1S/C21H21NO5/c23-14-9-13(10-20(24)25)22(11-14)21(26)27-12-19-17-7-3-1-5-15(17)16-6-2-4-8-18(16)19/h1-8,13-14,19,23H,9-12H2,(H,24,25)/t13-,14-/m1/s1. The minimum absolute atomic E-state index is 0.0493. The lowest BCUT2D eigenvalue weighted by Crippen LogP contribution is -2.38. The minimum atomic E-state index is -0.995. The van der Waals surface area contributed by atoms with Gasteiger partial charge >= 0.3 is 12.1 Å². The van der Waals surface area contributed by atoms with Gasteiger partial charge in [0.15, 0.2) is 0 Å². The van der Waals surface area contributed by atoms with E-state index in [2.05, 4.69) is 12.1 Å². The van der Waals surface area contributed by atoms with E-state index in [4.69, 9.17) is 9.84 Å². The van der Waals surface area contributed by atoms with Crippen LogP contribution in [0.15, 0.2) is 48.5 Å². The van der Waals surface area contributed by atoms with Gasteiger partial charge in [0.1, 0.15) is 6.61 Å². The number of rotatable bonds is 4. The normalized spacial score (nSPS) is 21.0. The summed E-state index contributed by atoms with van der Waals surface area (Å²) in [5.41, 5.74) is 4.54. The number of aliphatic hydroxyl groups excluding tert-OH is 1. The van der Waals surface area contributed by atoms with E-state index in [1.54, 1.807) is 0 Å². The molecule has 1 saturated heterocycles. The highest BCUT2D eigenvalue weighted by molar-refractivity contribution is 5.79. The van der Waals surface area contributed by atoms with E-state index < -0.39 is 24.2 Å². The molecule has 2 N–H and O–H groups in total. The van der Waals surface area contributed by atoms with Gasteiger partial charge in [0, 0.05) is 12.0 Å². The van der Waals surface area contributed by atoms with Crippen LogP contribution in [0.2, 0.25) is 0 Å². The molecule has 1 amide bonds. The number of hydrogen-bond acceptors (Lipinski definition) is 4. The first-order chi connectivity index (χ1) is 13.0. The van der Waals surface area contributed by atoms with Gasteiger partial charge in [-0.3, -0.25) is 4.79 Å². The quantitative estimate of drug-likeness (QED) is 0.868. The molecule has 2 atom stereocenters. The number of fused-ring (bicyclic) bond motifs is 3. The molecule has 1 heterocycles. The van der Waals surface area contributed by atoms with Crippen molar-refractivity contribution in [2.75, 3.05) is 13.2 Å². The van der Waals surface area contributed by atoms with Crippen LogP contribution in [-0.2, 0) is 9.53 Å². The Balaban J connectivity index is 1.50. The number of ether oxygens (including phenoxy) is 1. The fourth-order valence-corrected chi connectivity index (χ4v) is 4.19. The fraction of sp³-hybridized carbons (Fsp3) is 0.333. The number of carbonyl (C=O) groups excluding carboxylic acids is 1. The third kappa shape index (κ3) is 3.28. The van der Waals surface area contributed by atoms with E-state index in [1.165, 1.54) is 4.90 Å². The number of amides is 1. The lowest BCUT2D eigenvalue weighted by Gasteiger charge is -2.23. The first-order valence-corrected chi connectivity index (χ1v) is 9.06. The average Bonchev–Trinajstić information content (AvgIpc) is 3.17. The number of aliphatic hydroxyl groups is 1. The number of likely N-dealkylation sites (tertiary alicyclic amines) is 1. The number of aliphatic carboxylic acids is 1. The van der Waals surface area contributed by atoms with Crippen LogP contribution in [0, 0.1) is 0 Å². The lowest BCUT2D eigenvalue weighted by molar-refractivity contribution is -0.138. The number of nitrogens with zero attached hydrogens (tertiary/aromatic N) is 1. The van der Waals surface area contributed by atoms with E-state index in [1.807, 2.05) is 36.4 Å². The highest BCUT2D eigenvalue weighted by atomic mass is 16.6. The van der Waals surface area contributed by atoms with Crippen molar-refractivity contribution in [1.82, 2.24) is 4.90 Å². The molecule has 6 heteroatoms. The molecule has 0 saturated carbocycles. The van der Waals surface area contributed by atoms with Crippen molar-refractivity contribution in [2.45, 2.75) is 30.9 Å². The van der Waals surface area contributed by atoms with Crippen molar-refractivity contribution in [3.8, 4) is 11.1 Å². The number of carboxylic acid groups (broad SMARTS) is 1. The topological polar surface area (TPSA) is 87.1 Å². The van der Waals surface area contributed by atoms with Gasteiger partial charge in [-0.2, -0.15) is 0 Å². The molecule has 0 spiro atoms. The van der Waals surface area contributed by atoms with Crippen molar-refractivity contribution < 1.29 is 24.5 Å². The Morgan fingerprint density at radius 1 is 1.04 bits per heavy atom. The molecule has 1 aliphatic heterocycles. The van der Waals surface area contributed by atoms with E-state index in [0.29, 0.717) is 0 Å². The lowest BCUT2D eigenvalue weighted by atomic mass is 9.98. The van der Waals surface area contributed by atoms with E-state index in [-0.39, 0.29) is 31.9 Å². The zero-order valence-corrected chi connectivity index (χ0v) is 14.7. The van der Waals surface area contributed by atoms with E-state index in [9.17, 15) is 14.7 Å². The molecule has 6 nitrogen and oxygen atoms in total. The molecule has 0 unspecified atom stereocenters. The second kappa shape index (κ2) is 7.04. The van der Waals surface area contributed by atoms with Crippen LogP contribution in [0.4, 0.5) is 4.79 Å². The number of carbonyl (C=O) groups is 2. The molecule has 1 fully saturated rings. The van der Waals surface area contributed by atoms with Crippen LogP contribution in [0.3, 0.4) is 0 Å². The Morgan fingerprint density at radius 3 is 2.22 bits per heavy atom. The maximum absolute atomic E-state index is 12.6. The van der Waals surface area contributed by atoms with Crippen LogP contribution in [-0.4, -0.2) is 52.5 Å². The van der Waals surface area contributed by atoms with Crippen molar-refractivity contribution in [3.63, 3.8) is 0 Å². The Bertz CT molecular complexity index is 835. The summed E-state index contributed by atoms with van der Waals surface area (Å²) < 4.78 is 5.57. The molecule has 27 heavy (non-hydrogen) atoms. The predicted molar refractivity (Wildman–Crippen MR) is 98.4 cm³/mol. The van der Waals surface area contributed by atoms with Gasteiger partial charge in [0.05, 0.1) is 19.1 Å². The Labute approximate surface area is 157 Å². The molecule has 140 valence electrons. The van der Waals surface area contributed by atoms with Crippen molar-refractivity contribution in [2.24, 2.45) is 0 Å². The second-order valence-electron chi connectivity index (χ2n) is 7.10. The Kier molecular flexibility index (Phi) is 4.58. The van der Waals surface area contributed by atoms with Crippen molar-refractivity contribution in [3.05, 3.63) is 59.7 Å². The summed E-state index contributed by atoms with van der Waals surface area (Å²) in [4.78, 5) is 24.9. The molecule has 2 aromatic rings. The predicted octanol–water partition coefficient (Wildman–Crippen LogP) is 2.85. The maximum Gasteiger partial charge on any atom is 0.410 e. The van der Waals surface area contributed by atoms with Gasteiger partial charge in [-0.05, 0) is 28.7 Å². The molecule has 0 radical (unpaired) electrons. The molecular weight excluding hydrogens is 346 g/mol. The SMILES string of the molecule is O=C(O)C[C@H]1C[C@@H](O)CN1C(=O)OCC1c2ccccc2-c2ccccc21. The highest BCUT2D eigenvalue weighted by Crippen LogP contribution is 2.44. The van der Waals surface area contributed by atoms with Gasteiger partial charge in [0.2, 0.25) is 0 Å². The average molecular weight is 367 g/mol. The van der Waals surface area contributed by atoms with Gasteiger partial charge < -0.3 is 19.8 Å². The van der Waals surface area contributed by atoms with Gasteiger partial charge in [-0.1, -0.05) is 48.5 Å². The molecule has 2 aromatic carbocycles. The molecule has 2 aliphatic rings. The van der Waals surface area contributed by atoms with Crippen LogP contribution < -0.4 is 0 Å². The Morgan fingerprint density at radius 2 is 1.63 bits per heavy atom. The molecule has 4 rings (SSSR count). The fourth-order valence-electron chi connectivity index (χ4n) is 4.19. The Hall–Kier alpha value is -2.86. The zero-order chi connectivity index (χ0) is 19.0. The minimum Gasteiger partial charge on any atom is -0.481 e. The highest BCUT2D eigenvalue weighted by Gasteiger charge is 2.37. The number of hydrogen-bond donors (Lipinski definition) is 2. The van der Waals surface area contributed by atoms with Gasteiger partial charge in [0.25, 0.3) is 0 Å². The summed E-state index contributed by atoms with van der Waals surface area (Å²) in [5.74, 6) is -1.04. The summed E-state index contributed by atoms with van der Waals surface area (Å²) in [7, 11) is 0. The summed E-state index contributed by atoms with van der Waals surface area (Å²) in [5, 5.41) is 18.8. The molecule has 0 bridgehead atoms. The third-order valence-electron chi connectivity index (χ3n) is 5.37. The summed E-state index contributed by atoms with van der Waals surface area (Å²) >= 11 is 0. The molecule has 1 aliphatic carbocycles. The van der Waals surface area contributed by atoms with Crippen molar-refractivity contribution in [1.29, 1.82) is 0 Å². The summed E-state index contributed by atoms with van der Waals surface area (Å²) in [6.45, 7) is 0.286. The van der Waals surface area contributed by atoms with E-state index >= 15 is 0 Å². The van der Waals surface area contributed by atoms with Crippen LogP contribution in [0.5, 0.6) is 0 Å². The smallest absolute Gasteiger partial charge is 0.410 e. The molecule has 0 aromatic heterocycles. The van der Waals surface area contributed by atoms with Gasteiger partial charge in [-0.25, -0.2) is 4.79 Å². The maximum atomic E-state index is 12.6. The van der Waals surface area contributed by atoms with Crippen LogP contribution >= 0.6 is 0 Å². The summed E-state index contributed by atoms with van der Waals surface area (Å²) in [6, 6.07) is 15.6. The summed E-state index contributed by atoms with van der Waals surface area (Å²) in [6.07, 6.45) is -1.22. The largest absolute Gasteiger partial charge is 0.481 e. The second-order valence-corrected chi connectivity index (χ2v) is 7.10. The molecular formula is C21H21NO5.